The van der Waals surface area contributed by atoms with Crippen LogP contribution in [-0.4, -0.2) is 37.1 Å². The summed E-state index contributed by atoms with van der Waals surface area (Å²) in [6.45, 7) is 4.97. The molecule has 0 bridgehead atoms. The van der Waals surface area contributed by atoms with Gasteiger partial charge in [0.05, 0.1) is 0 Å². The Labute approximate surface area is 94.4 Å². The molecule has 1 N–H and O–H groups in total. The lowest BCUT2D eigenvalue weighted by Crippen LogP contribution is -2.47. The maximum Gasteiger partial charge on any atom is 0.0220 e. The van der Waals surface area contributed by atoms with E-state index in [1.165, 1.54) is 51.6 Å². The number of likely N-dealkylation sites (N-methyl/N-ethyl adjacent to an activating group) is 1. The number of hydrogen-bond acceptors (Lipinski definition) is 2. The summed E-state index contributed by atoms with van der Waals surface area (Å²) in [6, 6.07) is 1.63. The summed E-state index contributed by atoms with van der Waals surface area (Å²) >= 11 is 0. The van der Waals surface area contributed by atoms with E-state index < -0.39 is 0 Å². The average Bonchev–Trinajstić information content (AvgIpc) is 3.10. The monoisotopic (exact) mass is 210 g/mol. The highest BCUT2D eigenvalue weighted by atomic mass is 15.2. The van der Waals surface area contributed by atoms with Crippen molar-refractivity contribution in [3.05, 3.63) is 0 Å². The zero-order valence-corrected chi connectivity index (χ0v) is 10.3. The van der Waals surface area contributed by atoms with Crippen LogP contribution in [-0.2, 0) is 0 Å². The van der Waals surface area contributed by atoms with Crippen LogP contribution < -0.4 is 5.32 Å². The summed E-state index contributed by atoms with van der Waals surface area (Å²) in [6.07, 6.45) is 8.53. The molecule has 0 aromatic carbocycles. The molecule has 2 unspecified atom stereocenters. The maximum atomic E-state index is 3.51. The molecular weight excluding hydrogens is 184 g/mol. The fourth-order valence-corrected chi connectivity index (χ4v) is 2.99. The van der Waals surface area contributed by atoms with Gasteiger partial charge < -0.3 is 5.32 Å². The van der Waals surface area contributed by atoms with Crippen LogP contribution in [0.4, 0.5) is 0 Å². The maximum absolute atomic E-state index is 3.51. The van der Waals surface area contributed by atoms with Crippen molar-refractivity contribution in [3.8, 4) is 0 Å². The second-order valence-corrected chi connectivity index (χ2v) is 5.29. The van der Waals surface area contributed by atoms with Gasteiger partial charge in [-0.25, -0.2) is 0 Å². The predicted octanol–water partition coefficient (Wildman–Crippen LogP) is 2.25. The molecule has 1 aliphatic carbocycles. The van der Waals surface area contributed by atoms with E-state index >= 15 is 0 Å². The number of rotatable bonds is 5. The largest absolute Gasteiger partial charge is 0.315 e. The molecule has 2 heteroatoms. The second-order valence-electron chi connectivity index (χ2n) is 5.29. The van der Waals surface area contributed by atoms with Crippen LogP contribution in [0.25, 0.3) is 0 Å². The standard InChI is InChI=1S/C13H26N2/c1-3-12-6-4-5-9-15(12)10-13(14-2)11-7-8-11/h11-14H,3-10H2,1-2H3. The number of nitrogens with one attached hydrogen (secondary N) is 1. The van der Waals surface area contributed by atoms with Crippen LogP contribution in [0.1, 0.15) is 45.4 Å². The average molecular weight is 210 g/mol. The number of likely N-dealkylation sites (tertiary alicyclic amines) is 1. The van der Waals surface area contributed by atoms with E-state index in [0.29, 0.717) is 0 Å². The van der Waals surface area contributed by atoms with E-state index in [0.717, 1.165) is 18.0 Å². The third kappa shape index (κ3) is 2.94. The highest BCUT2D eigenvalue weighted by Crippen LogP contribution is 2.33. The highest BCUT2D eigenvalue weighted by Gasteiger charge is 2.33. The number of hydrogen-bond donors (Lipinski definition) is 1. The molecule has 1 saturated carbocycles. The predicted molar refractivity (Wildman–Crippen MR) is 65.1 cm³/mol. The van der Waals surface area contributed by atoms with Crippen molar-refractivity contribution in [2.45, 2.75) is 57.5 Å². The van der Waals surface area contributed by atoms with Gasteiger partial charge in [0.2, 0.25) is 0 Å². The van der Waals surface area contributed by atoms with Gasteiger partial charge in [0.1, 0.15) is 0 Å². The SMILES string of the molecule is CCC1CCCCN1CC(NC)C1CC1. The lowest BCUT2D eigenvalue weighted by atomic mass is 9.98. The Bertz CT molecular complexity index is 189. The van der Waals surface area contributed by atoms with Gasteiger partial charge in [-0.3, -0.25) is 4.90 Å². The molecule has 0 aromatic heterocycles. The molecule has 0 amide bonds. The van der Waals surface area contributed by atoms with Crippen molar-refractivity contribution < 1.29 is 0 Å². The molecule has 0 radical (unpaired) electrons. The Hall–Kier alpha value is -0.0800. The van der Waals surface area contributed by atoms with Crippen LogP contribution in [0.2, 0.25) is 0 Å². The van der Waals surface area contributed by atoms with Gasteiger partial charge in [-0.1, -0.05) is 13.3 Å². The Morgan fingerprint density at radius 2 is 2.07 bits per heavy atom. The van der Waals surface area contributed by atoms with Crippen molar-refractivity contribution >= 4 is 0 Å². The fraction of sp³-hybridized carbons (Fsp3) is 1.00. The minimum absolute atomic E-state index is 0.761. The van der Waals surface area contributed by atoms with Crippen LogP contribution >= 0.6 is 0 Å². The molecule has 2 rings (SSSR count). The van der Waals surface area contributed by atoms with E-state index in [2.05, 4.69) is 24.2 Å². The zero-order valence-electron chi connectivity index (χ0n) is 10.3. The smallest absolute Gasteiger partial charge is 0.0220 e. The first-order chi connectivity index (χ1) is 7.35. The Morgan fingerprint density at radius 1 is 1.27 bits per heavy atom. The van der Waals surface area contributed by atoms with E-state index in [1.807, 2.05) is 0 Å². The van der Waals surface area contributed by atoms with Crippen LogP contribution in [0.3, 0.4) is 0 Å². The van der Waals surface area contributed by atoms with Crippen molar-refractivity contribution in [2.75, 3.05) is 20.1 Å². The fourth-order valence-electron chi connectivity index (χ4n) is 2.99. The lowest BCUT2D eigenvalue weighted by Gasteiger charge is -2.37. The Kier molecular flexibility index (Phi) is 4.04. The van der Waals surface area contributed by atoms with Gasteiger partial charge in [-0.2, -0.15) is 0 Å². The molecule has 2 aliphatic rings. The molecule has 2 atom stereocenters. The van der Waals surface area contributed by atoms with Crippen molar-refractivity contribution in [1.29, 1.82) is 0 Å². The molecule has 0 spiro atoms. The Morgan fingerprint density at radius 3 is 2.67 bits per heavy atom. The summed E-state index contributed by atoms with van der Waals surface area (Å²) in [5, 5.41) is 3.51. The molecule has 15 heavy (non-hydrogen) atoms. The van der Waals surface area contributed by atoms with E-state index in [-0.39, 0.29) is 0 Å². The first-order valence-electron chi connectivity index (χ1n) is 6.76. The van der Waals surface area contributed by atoms with Crippen LogP contribution in [0.5, 0.6) is 0 Å². The molecule has 2 nitrogen and oxygen atoms in total. The van der Waals surface area contributed by atoms with Gasteiger partial charge in [0.25, 0.3) is 0 Å². The van der Waals surface area contributed by atoms with Crippen molar-refractivity contribution in [1.82, 2.24) is 10.2 Å². The number of piperidine rings is 1. The molecule has 0 aromatic rings. The lowest BCUT2D eigenvalue weighted by molar-refractivity contribution is 0.126. The minimum Gasteiger partial charge on any atom is -0.315 e. The summed E-state index contributed by atoms with van der Waals surface area (Å²) < 4.78 is 0. The highest BCUT2D eigenvalue weighted by molar-refractivity contribution is 4.89. The molecule has 88 valence electrons. The molecule has 1 heterocycles. The quantitative estimate of drug-likeness (QED) is 0.749. The van der Waals surface area contributed by atoms with Gasteiger partial charge in [0.15, 0.2) is 0 Å². The van der Waals surface area contributed by atoms with Gasteiger partial charge in [-0.15, -0.1) is 0 Å². The number of nitrogens with zero attached hydrogens (tertiary/aromatic N) is 1. The van der Waals surface area contributed by atoms with Crippen LogP contribution in [0, 0.1) is 5.92 Å². The molecular formula is C13H26N2. The van der Waals surface area contributed by atoms with Gasteiger partial charge in [-0.05, 0) is 51.6 Å². The van der Waals surface area contributed by atoms with Crippen LogP contribution in [0.15, 0.2) is 0 Å². The Balaban J connectivity index is 1.84. The summed E-state index contributed by atoms with van der Waals surface area (Å²) in [5.74, 6) is 0.981. The van der Waals surface area contributed by atoms with E-state index in [1.54, 1.807) is 0 Å². The first kappa shape index (κ1) is 11.4. The normalized spacial score (nSPS) is 30.4. The summed E-state index contributed by atoms with van der Waals surface area (Å²) in [7, 11) is 2.13. The van der Waals surface area contributed by atoms with Gasteiger partial charge in [0, 0.05) is 18.6 Å². The minimum atomic E-state index is 0.761. The third-order valence-electron chi connectivity index (χ3n) is 4.21. The van der Waals surface area contributed by atoms with E-state index in [9.17, 15) is 0 Å². The summed E-state index contributed by atoms with van der Waals surface area (Å²) in [5.41, 5.74) is 0. The van der Waals surface area contributed by atoms with Crippen molar-refractivity contribution in [2.24, 2.45) is 5.92 Å². The topological polar surface area (TPSA) is 15.3 Å². The van der Waals surface area contributed by atoms with Crippen molar-refractivity contribution in [3.63, 3.8) is 0 Å². The van der Waals surface area contributed by atoms with Gasteiger partial charge >= 0.3 is 0 Å². The zero-order chi connectivity index (χ0) is 10.7. The molecule has 1 aliphatic heterocycles. The molecule has 1 saturated heterocycles. The van der Waals surface area contributed by atoms with E-state index in [4.69, 9.17) is 0 Å². The molecule has 2 fully saturated rings. The summed E-state index contributed by atoms with van der Waals surface area (Å²) in [4.78, 5) is 2.74. The third-order valence-corrected chi connectivity index (χ3v) is 4.21. The second kappa shape index (κ2) is 5.31. The first-order valence-corrected chi connectivity index (χ1v) is 6.76.